The quantitative estimate of drug-likeness (QED) is 0.724. The maximum Gasteiger partial charge on any atom is 0.128 e. The summed E-state index contributed by atoms with van der Waals surface area (Å²) < 4.78 is 2.87. The highest BCUT2D eigenvalue weighted by atomic mass is 79.9. The molecule has 0 fully saturated rings. The third-order valence-corrected chi connectivity index (χ3v) is 2.34. The van der Waals surface area contributed by atoms with Crippen LogP contribution < -0.4 is 5.32 Å². The fourth-order valence-corrected chi connectivity index (χ4v) is 1.76. The molecule has 0 aliphatic carbocycles. The van der Waals surface area contributed by atoms with E-state index in [1.54, 1.807) is 0 Å². The molecule has 3 nitrogen and oxygen atoms in total. The topological polar surface area (TPSA) is 29.9 Å². The van der Waals surface area contributed by atoms with Crippen molar-refractivity contribution in [2.45, 2.75) is 6.54 Å². The molecule has 0 saturated heterocycles. The Kier molecular flexibility index (Phi) is 2.02. The molecule has 1 aromatic rings. The van der Waals surface area contributed by atoms with Crippen molar-refractivity contribution in [3.63, 3.8) is 0 Å². The van der Waals surface area contributed by atoms with E-state index in [-0.39, 0.29) is 0 Å². The average molecular weight is 228 g/mol. The molecule has 1 aliphatic rings. The van der Waals surface area contributed by atoms with Crippen LogP contribution in [0.4, 0.5) is 0 Å². The summed E-state index contributed by atoms with van der Waals surface area (Å²) >= 11 is 3.35. The van der Waals surface area contributed by atoms with E-state index in [0.29, 0.717) is 0 Å². The van der Waals surface area contributed by atoms with Crippen molar-refractivity contribution in [2.75, 3.05) is 13.1 Å². The van der Waals surface area contributed by atoms with E-state index in [1.165, 1.54) is 0 Å². The third kappa shape index (κ3) is 1.32. The summed E-state index contributed by atoms with van der Waals surface area (Å²) in [5.41, 5.74) is 2.23. The summed E-state index contributed by atoms with van der Waals surface area (Å²) in [5.74, 6) is 0. The van der Waals surface area contributed by atoms with Crippen molar-refractivity contribution in [3.05, 3.63) is 22.9 Å². The van der Waals surface area contributed by atoms with Crippen LogP contribution in [0.3, 0.4) is 0 Å². The molecule has 0 unspecified atom stereocenters. The number of nitrogens with one attached hydrogen (secondary N) is 1. The molecule has 0 bridgehead atoms. The molecule has 12 heavy (non-hydrogen) atoms. The second kappa shape index (κ2) is 3.03. The molecule has 0 radical (unpaired) electrons. The number of hydrogen-bond acceptors (Lipinski definition) is 2. The lowest BCUT2D eigenvalue weighted by Crippen LogP contribution is -2.17. The summed E-state index contributed by atoms with van der Waals surface area (Å²) in [7, 11) is 0. The lowest BCUT2D eigenvalue weighted by Gasteiger charge is -2.00. The van der Waals surface area contributed by atoms with Crippen LogP contribution in [0.5, 0.6) is 0 Å². The minimum absolute atomic E-state index is 0.859. The van der Waals surface area contributed by atoms with E-state index in [1.807, 2.05) is 10.7 Å². The van der Waals surface area contributed by atoms with Crippen molar-refractivity contribution >= 4 is 21.5 Å². The maximum absolute atomic E-state index is 4.29. The fourth-order valence-electron chi connectivity index (χ4n) is 1.36. The Morgan fingerprint density at radius 1 is 1.67 bits per heavy atom. The van der Waals surface area contributed by atoms with Gasteiger partial charge in [-0.1, -0.05) is 6.58 Å². The molecule has 0 spiro atoms. The molecule has 2 rings (SSSR count). The van der Waals surface area contributed by atoms with Crippen LogP contribution in [0.2, 0.25) is 0 Å². The van der Waals surface area contributed by atoms with Crippen LogP contribution in [0.1, 0.15) is 5.69 Å². The summed E-state index contributed by atoms with van der Waals surface area (Å²) in [5, 5.41) is 7.57. The molecular formula is C8H10BrN3. The van der Waals surface area contributed by atoms with Crippen LogP contribution in [0.15, 0.2) is 17.2 Å². The first-order valence-electron chi connectivity index (χ1n) is 3.89. The van der Waals surface area contributed by atoms with Gasteiger partial charge in [-0.3, -0.25) is 4.68 Å². The molecule has 64 valence electrons. The van der Waals surface area contributed by atoms with Gasteiger partial charge in [-0.25, -0.2) is 0 Å². The van der Waals surface area contributed by atoms with Gasteiger partial charge in [0.2, 0.25) is 0 Å². The summed E-state index contributed by atoms with van der Waals surface area (Å²) in [6, 6.07) is 2.01. The normalized spacial score (nSPS) is 17.2. The highest BCUT2D eigenvalue weighted by Gasteiger charge is 2.11. The summed E-state index contributed by atoms with van der Waals surface area (Å²) in [6.45, 7) is 6.72. The van der Waals surface area contributed by atoms with E-state index < -0.39 is 0 Å². The molecule has 1 aromatic heterocycles. The van der Waals surface area contributed by atoms with Gasteiger partial charge in [0.05, 0.1) is 12.2 Å². The highest BCUT2D eigenvalue weighted by molar-refractivity contribution is 9.10. The van der Waals surface area contributed by atoms with Crippen molar-refractivity contribution in [2.24, 2.45) is 0 Å². The Hall–Kier alpha value is -0.610. The zero-order valence-electron chi connectivity index (χ0n) is 6.68. The minimum Gasteiger partial charge on any atom is -0.311 e. The fraction of sp³-hybridized carbons (Fsp3) is 0.375. The summed E-state index contributed by atoms with van der Waals surface area (Å²) in [4.78, 5) is 0. The predicted octanol–water partition coefficient (Wildman–Crippen LogP) is 1.26. The number of hydrogen-bond donors (Lipinski definition) is 1. The number of halogens is 1. The average Bonchev–Trinajstić information content (AvgIpc) is 2.33. The first kappa shape index (κ1) is 8.01. The molecule has 0 aromatic carbocycles. The van der Waals surface area contributed by atoms with Gasteiger partial charge in [0, 0.05) is 13.1 Å². The highest BCUT2D eigenvalue weighted by Crippen LogP contribution is 2.18. The molecule has 4 heteroatoms. The van der Waals surface area contributed by atoms with Gasteiger partial charge < -0.3 is 5.32 Å². The molecule has 0 amide bonds. The third-order valence-electron chi connectivity index (χ3n) is 1.95. The molecule has 1 aliphatic heterocycles. The van der Waals surface area contributed by atoms with Crippen LogP contribution in [0, 0.1) is 0 Å². The number of nitrogens with zero attached hydrogens (tertiary/aromatic N) is 2. The minimum atomic E-state index is 0.859. The second-order valence-corrected chi connectivity index (χ2v) is 3.67. The first-order valence-corrected chi connectivity index (χ1v) is 4.69. The van der Waals surface area contributed by atoms with Gasteiger partial charge in [0.15, 0.2) is 0 Å². The Bertz CT molecular complexity index is 316. The van der Waals surface area contributed by atoms with E-state index in [9.17, 15) is 0 Å². The van der Waals surface area contributed by atoms with Gasteiger partial charge >= 0.3 is 0 Å². The summed E-state index contributed by atoms with van der Waals surface area (Å²) in [6.07, 6.45) is 0. The zero-order chi connectivity index (χ0) is 8.55. The van der Waals surface area contributed by atoms with Crippen LogP contribution in [0.25, 0.3) is 5.57 Å². The Morgan fingerprint density at radius 3 is 3.33 bits per heavy atom. The zero-order valence-corrected chi connectivity index (χ0v) is 8.26. The van der Waals surface area contributed by atoms with Crippen LogP contribution in [-0.2, 0) is 6.54 Å². The van der Waals surface area contributed by atoms with Crippen LogP contribution >= 0.6 is 15.9 Å². The first-order chi connectivity index (χ1) is 5.77. The van der Waals surface area contributed by atoms with Crippen LogP contribution in [-0.4, -0.2) is 22.9 Å². The lowest BCUT2D eigenvalue weighted by atomic mass is 10.2. The molecule has 1 N–H and O–H groups in total. The molecular weight excluding hydrogens is 218 g/mol. The molecule has 0 atom stereocenters. The molecule has 2 heterocycles. The number of rotatable bonds is 0. The van der Waals surface area contributed by atoms with Gasteiger partial charge in [0.25, 0.3) is 0 Å². The van der Waals surface area contributed by atoms with E-state index >= 15 is 0 Å². The van der Waals surface area contributed by atoms with E-state index in [4.69, 9.17) is 0 Å². The lowest BCUT2D eigenvalue weighted by molar-refractivity contribution is 0.586. The Morgan fingerprint density at radius 2 is 2.50 bits per heavy atom. The molecule has 0 saturated carbocycles. The SMILES string of the molecule is C=C1CNCCn2nc(Br)cc21. The smallest absolute Gasteiger partial charge is 0.128 e. The maximum atomic E-state index is 4.29. The van der Waals surface area contributed by atoms with Crippen molar-refractivity contribution in [1.29, 1.82) is 0 Å². The van der Waals surface area contributed by atoms with Gasteiger partial charge in [-0.15, -0.1) is 0 Å². The standard InChI is InChI=1S/C8H10BrN3/c1-6-5-10-2-3-12-7(6)4-8(9)11-12/h4,10H,1-3,5H2. The van der Waals surface area contributed by atoms with Gasteiger partial charge in [-0.2, -0.15) is 5.10 Å². The van der Waals surface area contributed by atoms with Crippen molar-refractivity contribution in [1.82, 2.24) is 15.1 Å². The van der Waals surface area contributed by atoms with Crippen molar-refractivity contribution in [3.8, 4) is 0 Å². The van der Waals surface area contributed by atoms with Gasteiger partial charge in [0.1, 0.15) is 4.60 Å². The Labute approximate surface area is 79.6 Å². The van der Waals surface area contributed by atoms with E-state index in [2.05, 4.69) is 32.9 Å². The number of fused-ring (bicyclic) bond motifs is 1. The number of aromatic nitrogens is 2. The van der Waals surface area contributed by atoms with Gasteiger partial charge in [-0.05, 0) is 27.6 Å². The Balaban J connectivity index is 2.44. The monoisotopic (exact) mass is 227 g/mol. The largest absolute Gasteiger partial charge is 0.311 e. The predicted molar refractivity (Wildman–Crippen MR) is 51.8 cm³/mol. The van der Waals surface area contributed by atoms with E-state index in [0.717, 1.165) is 35.5 Å². The second-order valence-electron chi connectivity index (χ2n) is 2.86. The van der Waals surface area contributed by atoms with Crippen molar-refractivity contribution < 1.29 is 0 Å².